The minimum Gasteiger partial charge on any atom is -0.402 e. The standard InChI is InChI=1S/C4H8N2O2/c1-3(5)2-4(7)8-6/h2H,5-6H2,1H3/b3-2+. The third-order valence-electron chi connectivity index (χ3n) is 0.462. The van der Waals surface area contributed by atoms with E-state index in [2.05, 4.69) is 10.7 Å². The Kier molecular flexibility index (Phi) is 2.64. The van der Waals surface area contributed by atoms with Crippen LogP contribution in [0.5, 0.6) is 0 Å². The van der Waals surface area contributed by atoms with Crippen molar-refractivity contribution >= 4 is 5.97 Å². The van der Waals surface area contributed by atoms with Crippen molar-refractivity contribution in [1.82, 2.24) is 0 Å². The molecule has 4 heteroatoms. The minimum absolute atomic E-state index is 0.375. The van der Waals surface area contributed by atoms with Gasteiger partial charge in [-0.2, -0.15) is 5.90 Å². The summed E-state index contributed by atoms with van der Waals surface area (Å²) in [5.41, 5.74) is 5.45. The first kappa shape index (κ1) is 6.97. The van der Waals surface area contributed by atoms with Gasteiger partial charge in [0.1, 0.15) is 0 Å². The molecule has 0 heterocycles. The van der Waals surface area contributed by atoms with E-state index in [9.17, 15) is 4.79 Å². The zero-order valence-electron chi connectivity index (χ0n) is 4.55. The van der Waals surface area contributed by atoms with Crippen molar-refractivity contribution < 1.29 is 9.63 Å². The molecule has 4 nitrogen and oxygen atoms in total. The van der Waals surface area contributed by atoms with Crippen molar-refractivity contribution in [2.75, 3.05) is 0 Å². The van der Waals surface area contributed by atoms with Crippen molar-refractivity contribution in [2.24, 2.45) is 11.6 Å². The molecule has 0 aromatic carbocycles. The maximum atomic E-state index is 10.1. The van der Waals surface area contributed by atoms with Crippen molar-refractivity contribution in [3.05, 3.63) is 11.8 Å². The Labute approximate surface area is 47.1 Å². The van der Waals surface area contributed by atoms with Gasteiger partial charge in [0.2, 0.25) is 0 Å². The van der Waals surface area contributed by atoms with Gasteiger partial charge in [-0.3, -0.25) is 0 Å². The number of allylic oxidation sites excluding steroid dienone is 1. The van der Waals surface area contributed by atoms with Gasteiger partial charge in [0, 0.05) is 11.8 Å². The second-order valence-corrected chi connectivity index (χ2v) is 1.33. The van der Waals surface area contributed by atoms with Crippen molar-refractivity contribution in [2.45, 2.75) is 6.92 Å². The van der Waals surface area contributed by atoms with Gasteiger partial charge in [-0.15, -0.1) is 0 Å². The molecule has 4 N–H and O–H groups in total. The maximum Gasteiger partial charge on any atom is 0.350 e. The van der Waals surface area contributed by atoms with E-state index in [1.54, 1.807) is 6.92 Å². The molecule has 0 spiro atoms. The van der Waals surface area contributed by atoms with Gasteiger partial charge in [0.15, 0.2) is 0 Å². The Hall–Kier alpha value is -1.03. The molecule has 0 rings (SSSR count). The highest BCUT2D eigenvalue weighted by molar-refractivity contribution is 5.82. The maximum absolute atomic E-state index is 10.1. The highest BCUT2D eigenvalue weighted by atomic mass is 16.7. The first-order valence-electron chi connectivity index (χ1n) is 2.01. The third-order valence-corrected chi connectivity index (χ3v) is 0.462. The second kappa shape index (κ2) is 3.04. The molecule has 0 atom stereocenters. The molecule has 0 aliphatic carbocycles. The van der Waals surface area contributed by atoms with Crippen LogP contribution in [0.3, 0.4) is 0 Å². The predicted molar refractivity (Wildman–Crippen MR) is 28.2 cm³/mol. The fourth-order valence-electron chi connectivity index (χ4n) is 0.220. The van der Waals surface area contributed by atoms with Gasteiger partial charge in [0.25, 0.3) is 0 Å². The molecule has 0 aromatic rings. The molecule has 0 unspecified atom stereocenters. The molecular formula is C4H8N2O2. The monoisotopic (exact) mass is 116 g/mol. The normalized spacial score (nSPS) is 11.0. The third kappa shape index (κ3) is 3.17. The fourth-order valence-corrected chi connectivity index (χ4v) is 0.220. The molecule has 0 saturated heterocycles. The van der Waals surface area contributed by atoms with Crippen LogP contribution in [0.4, 0.5) is 0 Å². The lowest BCUT2D eigenvalue weighted by molar-refractivity contribution is -0.138. The molecule has 0 amide bonds. The Balaban J connectivity index is 3.70. The first-order valence-corrected chi connectivity index (χ1v) is 2.01. The molecule has 0 bridgehead atoms. The number of hydrogen-bond donors (Lipinski definition) is 2. The summed E-state index contributed by atoms with van der Waals surface area (Å²) in [4.78, 5) is 13.9. The van der Waals surface area contributed by atoms with E-state index < -0.39 is 5.97 Å². The Morgan fingerprint density at radius 2 is 2.25 bits per heavy atom. The van der Waals surface area contributed by atoms with Crippen LogP contribution >= 0.6 is 0 Å². The molecule has 8 heavy (non-hydrogen) atoms. The number of rotatable bonds is 1. The van der Waals surface area contributed by atoms with Crippen LogP contribution < -0.4 is 11.6 Å². The zero-order chi connectivity index (χ0) is 6.57. The lowest BCUT2D eigenvalue weighted by Crippen LogP contribution is -2.08. The molecule has 0 saturated carbocycles. The molecule has 0 aromatic heterocycles. The average Bonchev–Trinajstić information content (AvgIpc) is 1.65. The van der Waals surface area contributed by atoms with Gasteiger partial charge in [-0.1, -0.05) is 0 Å². The molecular weight excluding hydrogens is 108 g/mol. The van der Waals surface area contributed by atoms with E-state index in [-0.39, 0.29) is 0 Å². The largest absolute Gasteiger partial charge is 0.402 e. The minimum atomic E-state index is -0.634. The van der Waals surface area contributed by atoms with Crippen molar-refractivity contribution in [1.29, 1.82) is 0 Å². The smallest absolute Gasteiger partial charge is 0.350 e. The molecule has 0 fully saturated rings. The summed E-state index contributed by atoms with van der Waals surface area (Å²) < 4.78 is 0. The fraction of sp³-hybridized carbons (Fsp3) is 0.250. The summed E-state index contributed by atoms with van der Waals surface area (Å²) in [6, 6.07) is 0. The Morgan fingerprint density at radius 3 is 2.38 bits per heavy atom. The molecule has 0 aliphatic rings. The first-order chi connectivity index (χ1) is 3.66. The topological polar surface area (TPSA) is 78.3 Å². The van der Waals surface area contributed by atoms with Crippen LogP contribution in [0.1, 0.15) is 6.92 Å². The van der Waals surface area contributed by atoms with Gasteiger partial charge >= 0.3 is 5.97 Å². The number of carbonyl (C=O) groups excluding carboxylic acids is 1. The van der Waals surface area contributed by atoms with Gasteiger partial charge < -0.3 is 10.6 Å². The summed E-state index contributed by atoms with van der Waals surface area (Å²) in [5.74, 6) is 3.84. The van der Waals surface area contributed by atoms with E-state index in [0.717, 1.165) is 6.08 Å². The zero-order valence-corrected chi connectivity index (χ0v) is 4.55. The quantitative estimate of drug-likeness (QED) is 0.349. The van der Waals surface area contributed by atoms with Crippen LogP contribution in [-0.2, 0) is 9.63 Å². The molecule has 0 radical (unpaired) electrons. The highest BCUT2D eigenvalue weighted by Gasteiger charge is 1.90. The summed E-state index contributed by atoms with van der Waals surface area (Å²) in [6.45, 7) is 1.57. The summed E-state index contributed by atoms with van der Waals surface area (Å²) in [6.07, 6.45) is 1.10. The van der Waals surface area contributed by atoms with Crippen molar-refractivity contribution in [3.8, 4) is 0 Å². The second-order valence-electron chi connectivity index (χ2n) is 1.33. The van der Waals surface area contributed by atoms with Crippen LogP contribution in [0.25, 0.3) is 0 Å². The van der Waals surface area contributed by atoms with Crippen LogP contribution in [-0.4, -0.2) is 5.97 Å². The van der Waals surface area contributed by atoms with Gasteiger partial charge in [0.05, 0.1) is 0 Å². The average molecular weight is 116 g/mol. The van der Waals surface area contributed by atoms with Crippen LogP contribution in [0.15, 0.2) is 11.8 Å². The Morgan fingerprint density at radius 1 is 1.75 bits per heavy atom. The molecule has 0 aliphatic heterocycles. The number of nitrogens with two attached hydrogens (primary N) is 2. The van der Waals surface area contributed by atoms with E-state index in [4.69, 9.17) is 5.73 Å². The number of carbonyl (C=O) groups is 1. The van der Waals surface area contributed by atoms with Crippen LogP contribution in [0, 0.1) is 0 Å². The summed E-state index contributed by atoms with van der Waals surface area (Å²) in [5, 5.41) is 0. The van der Waals surface area contributed by atoms with Gasteiger partial charge in [-0.25, -0.2) is 4.79 Å². The summed E-state index contributed by atoms with van der Waals surface area (Å²) >= 11 is 0. The highest BCUT2D eigenvalue weighted by Crippen LogP contribution is 1.79. The lowest BCUT2D eigenvalue weighted by Gasteiger charge is -1.88. The van der Waals surface area contributed by atoms with Crippen LogP contribution in [0.2, 0.25) is 0 Å². The van der Waals surface area contributed by atoms with Crippen molar-refractivity contribution in [3.63, 3.8) is 0 Å². The van der Waals surface area contributed by atoms with Gasteiger partial charge in [-0.05, 0) is 6.92 Å². The van der Waals surface area contributed by atoms with E-state index in [0.29, 0.717) is 5.70 Å². The Bertz CT molecular complexity index is 115. The SMILES string of the molecule is C/C(N)=C\C(=O)ON. The van der Waals surface area contributed by atoms with E-state index >= 15 is 0 Å². The van der Waals surface area contributed by atoms with E-state index in [1.165, 1.54) is 0 Å². The lowest BCUT2D eigenvalue weighted by atomic mass is 10.5. The predicted octanol–water partition coefficient (Wildman–Crippen LogP) is -0.734. The van der Waals surface area contributed by atoms with E-state index in [1.807, 2.05) is 0 Å². The number of hydrogen-bond acceptors (Lipinski definition) is 4. The summed E-state index contributed by atoms with van der Waals surface area (Å²) in [7, 11) is 0. The molecule has 46 valence electrons.